The van der Waals surface area contributed by atoms with E-state index < -0.39 is 17.9 Å². The lowest BCUT2D eigenvalue weighted by molar-refractivity contribution is -0.140. The van der Waals surface area contributed by atoms with Crippen molar-refractivity contribution >= 4 is 23.5 Å². The SMILES string of the molecule is COCC(NC(=O)c1ccc(Cl)c(OC)c1)C(=O)O. The lowest BCUT2D eigenvalue weighted by Gasteiger charge is -2.14. The second-order valence-corrected chi connectivity index (χ2v) is 4.08. The summed E-state index contributed by atoms with van der Waals surface area (Å²) in [5, 5.41) is 11.6. The number of carbonyl (C=O) groups excluding carboxylic acids is 1. The molecule has 19 heavy (non-hydrogen) atoms. The van der Waals surface area contributed by atoms with E-state index in [-0.39, 0.29) is 12.2 Å². The predicted molar refractivity (Wildman–Crippen MR) is 68.8 cm³/mol. The zero-order chi connectivity index (χ0) is 14.4. The van der Waals surface area contributed by atoms with Gasteiger partial charge in [-0.15, -0.1) is 0 Å². The number of amides is 1. The van der Waals surface area contributed by atoms with Crippen LogP contribution in [0.25, 0.3) is 0 Å². The number of carboxylic acids is 1. The molecule has 2 N–H and O–H groups in total. The lowest BCUT2D eigenvalue weighted by Crippen LogP contribution is -2.43. The van der Waals surface area contributed by atoms with Crippen molar-refractivity contribution in [2.45, 2.75) is 6.04 Å². The van der Waals surface area contributed by atoms with Crippen LogP contribution in [0.1, 0.15) is 10.4 Å². The van der Waals surface area contributed by atoms with Gasteiger partial charge in [-0.3, -0.25) is 4.79 Å². The Morgan fingerprint density at radius 3 is 2.63 bits per heavy atom. The van der Waals surface area contributed by atoms with Crippen LogP contribution in [0.15, 0.2) is 18.2 Å². The van der Waals surface area contributed by atoms with Gasteiger partial charge in [-0.1, -0.05) is 11.6 Å². The zero-order valence-corrected chi connectivity index (χ0v) is 11.2. The number of halogens is 1. The van der Waals surface area contributed by atoms with Gasteiger partial charge in [-0.25, -0.2) is 4.79 Å². The fourth-order valence-electron chi connectivity index (χ4n) is 1.38. The maximum Gasteiger partial charge on any atom is 0.328 e. The molecule has 1 aromatic rings. The number of aliphatic carboxylic acids is 1. The van der Waals surface area contributed by atoms with Crippen molar-refractivity contribution in [1.82, 2.24) is 5.32 Å². The third kappa shape index (κ3) is 4.11. The third-order valence-electron chi connectivity index (χ3n) is 2.35. The Labute approximate surface area is 115 Å². The number of carboxylic acid groups (broad SMARTS) is 1. The molecule has 0 spiro atoms. The number of ether oxygens (including phenoxy) is 2. The topological polar surface area (TPSA) is 84.9 Å². The Hall–Kier alpha value is -1.79. The zero-order valence-electron chi connectivity index (χ0n) is 10.5. The van der Waals surface area contributed by atoms with Crippen LogP contribution < -0.4 is 10.1 Å². The van der Waals surface area contributed by atoms with Crippen molar-refractivity contribution in [2.24, 2.45) is 0 Å². The van der Waals surface area contributed by atoms with E-state index in [1.807, 2.05) is 0 Å². The molecule has 0 saturated carbocycles. The molecule has 7 heteroatoms. The van der Waals surface area contributed by atoms with Gasteiger partial charge in [0.15, 0.2) is 6.04 Å². The van der Waals surface area contributed by atoms with Gasteiger partial charge in [0.2, 0.25) is 0 Å². The van der Waals surface area contributed by atoms with Crippen LogP contribution >= 0.6 is 11.6 Å². The van der Waals surface area contributed by atoms with Crippen molar-refractivity contribution in [3.63, 3.8) is 0 Å². The van der Waals surface area contributed by atoms with E-state index in [4.69, 9.17) is 26.2 Å². The quantitative estimate of drug-likeness (QED) is 0.820. The highest BCUT2D eigenvalue weighted by atomic mass is 35.5. The maximum absolute atomic E-state index is 11.9. The van der Waals surface area contributed by atoms with Gasteiger partial charge < -0.3 is 19.9 Å². The number of nitrogens with one attached hydrogen (secondary N) is 1. The molecule has 1 amide bonds. The number of carbonyl (C=O) groups is 2. The average Bonchev–Trinajstić information content (AvgIpc) is 2.38. The van der Waals surface area contributed by atoms with Gasteiger partial charge in [-0.05, 0) is 18.2 Å². The molecule has 1 rings (SSSR count). The summed E-state index contributed by atoms with van der Waals surface area (Å²) in [4.78, 5) is 22.8. The van der Waals surface area contributed by atoms with Gasteiger partial charge in [0, 0.05) is 12.7 Å². The molecule has 1 unspecified atom stereocenters. The standard InChI is InChI=1S/C12H14ClNO5/c1-18-6-9(12(16)17)14-11(15)7-3-4-8(13)10(5-7)19-2/h3-5,9H,6H2,1-2H3,(H,14,15)(H,16,17). The molecule has 0 aliphatic carbocycles. The van der Waals surface area contributed by atoms with E-state index in [1.54, 1.807) is 0 Å². The van der Waals surface area contributed by atoms with Crippen LogP contribution in [0.4, 0.5) is 0 Å². The summed E-state index contributed by atoms with van der Waals surface area (Å²) >= 11 is 5.84. The molecule has 1 atom stereocenters. The van der Waals surface area contributed by atoms with Gasteiger partial charge in [-0.2, -0.15) is 0 Å². The molecule has 6 nitrogen and oxygen atoms in total. The highest BCUT2D eigenvalue weighted by Crippen LogP contribution is 2.24. The first kappa shape index (κ1) is 15.3. The van der Waals surface area contributed by atoms with Crippen LogP contribution in [0.2, 0.25) is 5.02 Å². The third-order valence-corrected chi connectivity index (χ3v) is 2.66. The van der Waals surface area contributed by atoms with Crippen LogP contribution in [-0.4, -0.2) is 43.9 Å². The molecule has 0 bridgehead atoms. The molecular formula is C12H14ClNO5. The Morgan fingerprint density at radius 1 is 1.42 bits per heavy atom. The Kier molecular flexibility index (Phi) is 5.59. The summed E-state index contributed by atoms with van der Waals surface area (Å²) < 4.78 is 9.71. The molecular weight excluding hydrogens is 274 g/mol. The van der Waals surface area contributed by atoms with E-state index in [0.29, 0.717) is 10.8 Å². The smallest absolute Gasteiger partial charge is 0.328 e. The van der Waals surface area contributed by atoms with Crippen LogP contribution in [0, 0.1) is 0 Å². The highest BCUT2D eigenvalue weighted by molar-refractivity contribution is 6.32. The number of rotatable bonds is 6. The minimum atomic E-state index is -1.17. The summed E-state index contributed by atoms with van der Waals surface area (Å²) in [7, 11) is 2.78. The van der Waals surface area contributed by atoms with Crippen molar-refractivity contribution in [3.8, 4) is 5.75 Å². The second kappa shape index (κ2) is 6.96. The summed E-state index contributed by atoms with van der Waals surface area (Å²) in [6, 6.07) is 3.30. The monoisotopic (exact) mass is 287 g/mol. The molecule has 0 radical (unpaired) electrons. The highest BCUT2D eigenvalue weighted by Gasteiger charge is 2.20. The van der Waals surface area contributed by atoms with E-state index in [1.165, 1.54) is 32.4 Å². The number of hydrogen-bond acceptors (Lipinski definition) is 4. The average molecular weight is 288 g/mol. The number of methoxy groups -OCH3 is 2. The largest absolute Gasteiger partial charge is 0.495 e. The number of benzene rings is 1. The van der Waals surface area contributed by atoms with Gasteiger partial charge in [0.25, 0.3) is 5.91 Å². The lowest BCUT2D eigenvalue weighted by atomic mass is 10.2. The summed E-state index contributed by atoms with van der Waals surface area (Å²) in [5.41, 5.74) is 0.253. The molecule has 0 aromatic heterocycles. The molecule has 0 aliphatic heterocycles. The Bertz CT molecular complexity index is 477. The van der Waals surface area contributed by atoms with E-state index >= 15 is 0 Å². The first-order valence-corrected chi connectivity index (χ1v) is 5.73. The molecule has 0 saturated heterocycles. The first-order chi connectivity index (χ1) is 8.99. The van der Waals surface area contributed by atoms with Crippen molar-refractivity contribution in [1.29, 1.82) is 0 Å². The molecule has 1 aromatic carbocycles. The van der Waals surface area contributed by atoms with E-state index in [0.717, 1.165) is 0 Å². The van der Waals surface area contributed by atoms with Gasteiger partial charge in [0.05, 0.1) is 18.7 Å². The molecule has 0 heterocycles. The van der Waals surface area contributed by atoms with E-state index in [2.05, 4.69) is 5.32 Å². The van der Waals surface area contributed by atoms with Crippen LogP contribution in [-0.2, 0) is 9.53 Å². The van der Waals surface area contributed by atoms with Gasteiger partial charge in [0.1, 0.15) is 5.75 Å². The first-order valence-electron chi connectivity index (χ1n) is 5.35. The second-order valence-electron chi connectivity index (χ2n) is 3.67. The molecule has 104 valence electrons. The number of hydrogen-bond donors (Lipinski definition) is 2. The summed E-state index contributed by atoms with van der Waals surface area (Å²) in [6.45, 7) is -0.119. The molecule has 0 fully saturated rings. The van der Waals surface area contributed by atoms with Crippen molar-refractivity contribution < 1.29 is 24.2 Å². The van der Waals surface area contributed by atoms with Gasteiger partial charge >= 0.3 is 5.97 Å². The van der Waals surface area contributed by atoms with E-state index in [9.17, 15) is 9.59 Å². The van der Waals surface area contributed by atoms with Crippen LogP contribution in [0.5, 0.6) is 5.75 Å². The Balaban J connectivity index is 2.85. The maximum atomic E-state index is 11.9. The fourth-order valence-corrected chi connectivity index (χ4v) is 1.58. The van der Waals surface area contributed by atoms with Crippen molar-refractivity contribution in [3.05, 3.63) is 28.8 Å². The summed E-state index contributed by atoms with van der Waals surface area (Å²) in [6.07, 6.45) is 0. The minimum absolute atomic E-state index is 0.119. The van der Waals surface area contributed by atoms with Crippen molar-refractivity contribution in [2.75, 3.05) is 20.8 Å². The molecule has 0 aliphatic rings. The minimum Gasteiger partial charge on any atom is -0.495 e. The fraction of sp³-hybridized carbons (Fsp3) is 0.333. The normalized spacial score (nSPS) is 11.7. The van der Waals surface area contributed by atoms with Crippen LogP contribution in [0.3, 0.4) is 0 Å². The predicted octanol–water partition coefficient (Wildman–Crippen LogP) is 1.18. The Morgan fingerprint density at radius 2 is 2.11 bits per heavy atom. The summed E-state index contributed by atoms with van der Waals surface area (Å²) in [5.74, 6) is -1.37.